The maximum Gasteiger partial charge on any atom is 0.243 e. The van der Waals surface area contributed by atoms with Crippen LogP contribution < -0.4 is 14.4 Å². The Morgan fingerprint density at radius 3 is 2.22 bits per heavy atom. The fraction of sp³-hybridized carbons (Fsp3) is 0.368. The average molecular weight is 390 g/mol. The van der Waals surface area contributed by atoms with Gasteiger partial charge < -0.3 is 19.5 Å². The van der Waals surface area contributed by atoms with Crippen molar-refractivity contribution >= 4 is 15.7 Å². The molecule has 0 radical (unpaired) electrons. The minimum absolute atomic E-state index is 0.217. The lowest BCUT2D eigenvalue weighted by Crippen LogP contribution is -2.48. The number of fused-ring (bicyclic) bond motifs is 1. The summed E-state index contributed by atoms with van der Waals surface area (Å²) in [7, 11) is -3.59. The van der Waals surface area contributed by atoms with E-state index in [1.165, 1.54) is 4.31 Å². The first-order valence-corrected chi connectivity index (χ1v) is 10.4. The lowest BCUT2D eigenvalue weighted by Gasteiger charge is -2.35. The summed E-state index contributed by atoms with van der Waals surface area (Å²) >= 11 is 0. The number of rotatable bonds is 3. The third-order valence-corrected chi connectivity index (χ3v) is 6.70. The second-order valence-corrected chi connectivity index (χ2v) is 8.50. The number of hydrogen-bond acceptors (Lipinski definition) is 6. The topological polar surface area (TPSA) is 79.3 Å². The van der Waals surface area contributed by atoms with Crippen molar-refractivity contribution in [1.29, 1.82) is 0 Å². The number of piperazine rings is 1. The number of phenols is 1. The second kappa shape index (κ2) is 7.28. The lowest BCUT2D eigenvalue weighted by atomic mass is 10.2. The van der Waals surface area contributed by atoms with E-state index in [0.717, 1.165) is 12.1 Å². The number of aromatic hydroxyl groups is 1. The summed E-state index contributed by atoms with van der Waals surface area (Å²) in [6, 6.07) is 11.7. The maximum absolute atomic E-state index is 13.0. The lowest BCUT2D eigenvalue weighted by molar-refractivity contribution is 0.296. The molecular formula is C19H22N2O5S. The highest BCUT2D eigenvalue weighted by atomic mass is 32.2. The van der Waals surface area contributed by atoms with Gasteiger partial charge in [-0.3, -0.25) is 0 Å². The van der Waals surface area contributed by atoms with Gasteiger partial charge in [-0.1, -0.05) is 0 Å². The molecule has 144 valence electrons. The minimum atomic E-state index is -3.59. The molecule has 1 fully saturated rings. The van der Waals surface area contributed by atoms with Gasteiger partial charge in [-0.25, -0.2) is 8.42 Å². The number of hydrogen-bond donors (Lipinski definition) is 1. The van der Waals surface area contributed by atoms with E-state index in [2.05, 4.69) is 4.90 Å². The summed E-state index contributed by atoms with van der Waals surface area (Å²) in [5.41, 5.74) is 0.973. The van der Waals surface area contributed by atoms with Crippen LogP contribution >= 0.6 is 0 Å². The van der Waals surface area contributed by atoms with E-state index >= 15 is 0 Å². The van der Waals surface area contributed by atoms with Gasteiger partial charge in [0.1, 0.15) is 5.75 Å². The van der Waals surface area contributed by atoms with Gasteiger partial charge in [0.15, 0.2) is 11.5 Å². The van der Waals surface area contributed by atoms with Gasteiger partial charge >= 0.3 is 0 Å². The van der Waals surface area contributed by atoms with Crippen molar-refractivity contribution in [3.63, 3.8) is 0 Å². The highest BCUT2D eigenvalue weighted by molar-refractivity contribution is 7.89. The quantitative estimate of drug-likeness (QED) is 0.864. The highest BCUT2D eigenvalue weighted by Crippen LogP contribution is 2.33. The Kier molecular flexibility index (Phi) is 4.84. The molecule has 0 atom stereocenters. The molecule has 0 aliphatic carbocycles. The number of phenolic OH excluding ortho intramolecular Hbond substituents is 1. The molecule has 0 saturated carbocycles. The zero-order chi connectivity index (χ0) is 18.9. The zero-order valence-electron chi connectivity index (χ0n) is 14.9. The standard InChI is InChI=1S/C19H22N2O5S/c22-16-4-2-15(3-5-16)20-8-10-21(11-9-20)27(23,24)17-6-7-18-19(14-17)26-13-1-12-25-18/h2-7,14,22H,1,8-13H2. The first-order valence-electron chi connectivity index (χ1n) is 8.98. The Balaban J connectivity index is 1.49. The third-order valence-electron chi connectivity index (χ3n) is 4.81. The summed E-state index contributed by atoms with van der Waals surface area (Å²) in [6.07, 6.45) is 0.774. The molecule has 4 rings (SSSR count). The number of benzene rings is 2. The maximum atomic E-state index is 13.0. The van der Waals surface area contributed by atoms with Crippen molar-refractivity contribution in [1.82, 2.24) is 4.31 Å². The van der Waals surface area contributed by atoms with Gasteiger partial charge in [-0.2, -0.15) is 4.31 Å². The summed E-state index contributed by atoms with van der Waals surface area (Å²) in [5, 5.41) is 9.41. The SMILES string of the molecule is O=S(=O)(c1ccc2c(c1)OCCCO2)N1CCN(c2ccc(O)cc2)CC1. The van der Waals surface area contributed by atoms with Gasteiger partial charge in [0.05, 0.1) is 18.1 Å². The molecule has 2 aromatic carbocycles. The predicted octanol–water partition coefficient (Wildman–Crippen LogP) is 2.06. The largest absolute Gasteiger partial charge is 0.508 e. The van der Waals surface area contributed by atoms with Gasteiger partial charge in [-0.15, -0.1) is 0 Å². The van der Waals surface area contributed by atoms with E-state index in [0.29, 0.717) is 50.9 Å². The van der Waals surface area contributed by atoms with Gasteiger partial charge in [0.2, 0.25) is 10.0 Å². The Bertz CT molecular complexity index is 906. The first kappa shape index (κ1) is 17.9. The molecule has 2 aromatic rings. The molecule has 2 heterocycles. The summed E-state index contributed by atoms with van der Waals surface area (Å²) in [6.45, 7) is 3.07. The fourth-order valence-corrected chi connectivity index (χ4v) is 4.74. The van der Waals surface area contributed by atoms with Crippen LogP contribution in [0.3, 0.4) is 0 Å². The zero-order valence-corrected chi connectivity index (χ0v) is 15.7. The van der Waals surface area contributed by atoms with Crippen molar-refractivity contribution in [2.75, 3.05) is 44.3 Å². The molecule has 0 bridgehead atoms. The first-order chi connectivity index (χ1) is 13.0. The number of anilines is 1. The molecule has 0 amide bonds. The highest BCUT2D eigenvalue weighted by Gasteiger charge is 2.29. The Morgan fingerprint density at radius 2 is 1.52 bits per heavy atom. The van der Waals surface area contributed by atoms with Gasteiger partial charge in [0.25, 0.3) is 0 Å². The molecule has 7 nitrogen and oxygen atoms in total. The summed E-state index contributed by atoms with van der Waals surface area (Å²) < 4.78 is 38.7. The average Bonchev–Trinajstić information content (AvgIpc) is 2.93. The van der Waals surface area contributed by atoms with Crippen LogP contribution in [-0.4, -0.2) is 57.2 Å². The molecule has 2 aliphatic heterocycles. The monoisotopic (exact) mass is 390 g/mol. The van der Waals surface area contributed by atoms with E-state index < -0.39 is 10.0 Å². The van der Waals surface area contributed by atoms with E-state index in [9.17, 15) is 13.5 Å². The predicted molar refractivity (Wildman–Crippen MR) is 101 cm³/mol. The fourth-order valence-electron chi connectivity index (χ4n) is 3.30. The number of ether oxygens (including phenoxy) is 2. The van der Waals surface area contributed by atoms with Crippen LogP contribution in [0.5, 0.6) is 17.2 Å². The third kappa shape index (κ3) is 3.68. The minimum Gasteiger partial charge on any atom is -0.508 e. The van der Waals surface area contributed by atoms with Crippen molar-refractivity contribution in [3.05, 3.63) is 42.5 Å². The van der Waals surface area contributed by atoms with Gasteiger partial charge in [-0.05, 0) is 36.4 Å². The van der Waals surface area contributed by atoms with Crippen molar-refractivity contribution in [3.8, 4) is 17.2 Å². The summed E-state index contributed by atoms with van der Waals surface area (Å²) in [4.78, 5) is 2.34. The van der Waals surface area contributed by atoms with Crippen LogP contribution in [0.15, 0.2) is 47.4 Å². The Morgan fingerprint density at radius 1 is 0.852 bits per heavy atom. The van der Waals surface area contributed by atoms with Crippen molar-refractivity contribution < 1.29 is 23.0 Å². The number of nitrogens with zero attached hydrogens (tertiary/aromatic N) is 2. The molecule has 2 aliphatic rings. The van der Waals surface area contributed by atoms with E-state index in [1.807, 2.05) is 12.1 Å². The summed E-state index contributed by atoms with van der Waals surface area (Å²) in [5.74, 6) is 1.29. The Labute approximate surface area is 158 Å². The number of sulfonamides is 1. The van der Waals surface area contributed by atoms with Crippen LogP contribution in [0.2, 0.25) is 0 Å². The molecule has 0 spiro atoms. The van der Waals surface area contributed by atoms with Crippen LogP contribution in [0, 0.1) is 0 Å². The Hall–Kier alpha value is -2.45. The van der Waals surface area contributed by atoms with Crippen molar-refractivity contribution in [2.45, 2.75) is 11.3 Å². The molecule has 0 unspecified atom stereocenters. The smallest absolute Gasteiger partial charge is 0.243 e. The normalized spacial score (nSPS) is 18.1. The molecular weight excluding hydrogens is 368 g/mol. The molecule has 1 saturated heterocycles. The molecule has 27 heavy (non-hydrogen) atoms. The van der Waals surface area contributed by atoms with Gasteiger partial charge in [0, 0.05) is 44.4 Å². The van der Waals surface area contributed by atoms with E-state index in [4.69, 9.17) is 9.47 Å². The molecule has 8 heteroatoms. The van der Waals surface area contributed by atoms with Crippen LogP contribution in [0.25, 0.3) is 0 Å². The van der Waals surface area contributed by atoms with E-state index in [-0.39, 0.29) is 10.6 Å². The van der Waals surface area contributed by atoms with Crippen LogP contribution in [0.4, 0.5) is 5.69 Å². The molecule has 1 N–H and O–H groups in total. The molecule has 0 aromatic heterocycles. The second-order valence-electron chi connectivity index (χ2n) is 6.57. The van der Waals surface area contributed by atoms with Crippen molar-refractivity contribution in [2.24, 2.45) is 0 Å². The van der Waals surface area contributed by atoms with Crippen LogP contribution in [0.1, 0.15) is 6.42 Å². The van der Waals surface area contributed by atoms with Crippen LogP contribution in [-0.2, 0) is 10.0 Å². The van der Waals surface area contributed by atoms with E-state index in [1.54, 1.807) is 30.3 Å².